The summed E-state index contributed by atoms with van der Waals surface area (Å²) < 4.78 is 19.0. The Kier molecular flexibility index (Phi) is 2.67. The first-order valence-electron chi connectivity index (χ1n) is 6.16. The van der Waals surface area contributed by atoms with Gasteiger partial charge in [0, 0.05) is 12.6 Å². The minimum Gasteiger partial charge on any atom is -0.487 e. The van der Waals surface area contributed by atoms with Crippen molar-refractivity contribution in [2.45, 2.75) is 18.9 Å². The number of nitrogens with zero attached hydrogens (tertiary/aromatic N) is 1. The molecule has 1 atom stereocenters. The quantitative estimate of drug-likeness (QED) is 0.797. The zero-order chi connectivity index (χ0) is 11.8. The zero-order valence-electron chi connectivity index (χ0n) is 9.73. The van der Waals surface area contributed by atoms with Gasteiger partial charge in [-0.3, -0.25) is 4.90 Å². The van der Waals surface area contributed by atoms with Crippen LogP contribution in [0.5, 0.6) is 5.75 Å². The molecule has 3 saturated heterocycles. The Hall–Kier alpha value is -1.29. The summed E-state index contributed by atoms with van der Waals surface area (Å²) in [6, 6.07) is 4.30. The average molecular weight is 236 g/mol. The molecule has 0 amide bonds. The van der Waals surface area contributed by atoms with Crippen LogP contribution in [0.1, 0.15) is 12.8 Å². The van der Waals surface area contributed by atoms with Gasteiger partial charge < -0.3 is 10.5 Å². The first kappa shape index (κ1) is 10.8. The standard InChI is InChI=1S/C13H17FN2O/c14-10-1-2-11(15)12(7-10)17-13-8-16-5-3-9(13)4-6-16/h1-2,7,9,13H,3-6,8,15H2. The Balaban J connectivity index is 1.76. The molecule has 1 aromatic carbocycles. The molecule has 17 heavy (non-hydrogen) atoms. The predicted molar refractivity (Wildman–Crippen MR) is 64.4 cm³/mol. The van der Waals surface area contributed by atoms with E-state index >= 15 is 0 Å². The number of halogens is 1. The monoisotopic (exact) mass is 236 g/mol. The SMILES string of the molecule is Nc1ccc(F)cc1OC1CN2CCC1CC2. The second-order valence-electron chi connectivity index (χ2n) is 4.98. The van der Waals surface area contributed by atoms with E-state index in [4.69, 9.17) is 10.5 Å². The average Bonchev–Trinajstić information content (AvgIpc) is 2.35. The third-order valence-corrected chi connectivity index (χ3v) is 3.85. The molecule has 3 aliphatic heterocycles. The van der Waals surface area contributed by atoms with Crippen LogP contribution in [0.4, 0.5) is 10.1 Å². The van der Waals surface area contributed by atoms with E-state index in [0.29, 0.717) is 17.4 Å². The molecule has 92 valence electrons. The first-order valence-corrected chi connectivity index (χ1v) is 6.16. The summed E-state index contributed by atoms with van der Waals surface area (Å²) in [4.78, 5) is 2.40. The Morgan fingerprint density at radius 1 is 1.29 bits per heavy atom. The fourth-order valence-electron chi connectivity index (χ4n) is 2.82. The summed E-state index contributed by atoms with van der Waals surface area (Å²) in [5.41, 5.74) is 6.32. The van der Waals surface area contributed by atoms with Crippen LogP contribution in [0.15, 0.2) is 18.2 Å². The minimum absolute atomic E-state index is 0.168. The van der Waals surface area contributed by atoms with E-state index in [1.807, 2.05) is 0 Å². The highest BCUT2D eigenvalue weighted by atomic mass is 19.1. The second-order valence-corrected chi connectivity index (χ2v) is 4.98. The molecule has 0 saturated carbocycles. The molecule has 0 spiro atoms. The highest BCUT2D eigenvalue weighted by Crippen LogP contribution is 2.32. The zero-order valence-corrected chi connectivity index (χ0v) is 9.73. The Morgan fingerprint density at radius 3 is 2.71 bits per heavy atom. The number of piperidine rings is 3. The van der Waals surface area contributed by atoms with Gasteiger partial charge in [-0.05, 0) is 44.0 Å². The van der Waals surface area contributed by atoms with Crippen LogP contribution >= 0.6 is 0 Å². The summed E-state index contributed by atoms with van der Waals surface area (Å²) >= 11 is 0. The number of nitrogens with two attached hydrogens (primary N) is 1. The summed E-state index contributed by atoms with van der Waals surface area (Å²) in [5.74, 6) is 0.793. The van der Waals surface area contributed by atoms with Crippen LogP contribution in [0.25, 0.3) is 0 Å². The highest BCUT2D eigenvalue weighted by Gasteiger charge is 2.35. The summed E-state index contributed by atoms with van der Waals surface area (Å²) in [7, 11) is 0. The summed E-state index contributed by atoms with van der Waals surface area (Å²) in [6.07, 6.45) is 2.53. The Labute approximate surface area is 100 Å². The molecule has 2 bridgehead atoms. The van der Waals surface area contributed by atoms with Crippen LogP contribution < -0.4 is 10.5 Å². The molecule has 4 heteroatoms. The van der Waals surface area contributed by atoms with Crippen molar-refractivity contribution in [2.24, 2.45) is 5.92 Å². The minimum atomic E-state index is -0.296. The van der Waals surface area contributed by atoms with Crippen LogP contribution in [0.3, 0.4) is 0 Å². The van der Waals surface area contributed by atoms with E-state index in [9.17, 15) is 4.39 Å². The second kappa shape index (κ2) is 4.18. The van der Waals surface area contributed by atoms with E-state index in [2.05, 4.69) is 4.90 Å². The number of nitrogen functional groups attached to an aromatic ring is 1. The Morgan fingerprint density at radius 2 is 2.06 bits per heavy atom. The number of rotatable bonds is 2. The normalized spacial score (nSPS) is 31.5. The van der Waals surface area contributed by atoms with Gasteiger partial charge in [-0.2, -0.15) is 0 Å². The molecule has 0 aliphatic carbocycles. The van der Waals surface area contributed by atoms with Gasteiger partial charge in [0.2, 0.25) is 0 Å². The van der Waals surface area contributed by atoms with Crippen molar-refractivity contribution < 1.29 is 9.13 Å². The molecule has 3 heterocycles. The van der Waals surface area contributed by atoms with E-state index < -0.39 is 0 Å². The summed E-state index contributed by atoms with van der Waals surface area (Å²) in [6.45, 7) is 3.28. The lowest BCUT2D eigenvalue weighted by molar-refractivity contribution is -0.00751. The number of hydrogen-bond acceptors (Lipinski definition) is 3. The van der Waals surface area contributed by atoms with Gasteiger partial charge in [0.05, 0.1) is 5.69 Å². The molecular formula is C13H17FN2O. The van der Waals surface area contributed by atoms with Gasteiger partial charge in [-0.15, -0.1) is 0 Å². The topological polar surface area (TPSA) is 38.5 Å². The van der Waals surface area contributed by atoms with Crippen molar-refractivity contribution in [2.75, 3.05) is 25.4 Å². The number of anilines is 1. The lowest BCUT2D eigenvalue weighted by Gasteiger charge is -2.44. The third-order valence-electron chi connectivity index (χ3n) is 3.85. The largest absolute Gasteiger partial charge is 0.487 e. The first-order chi connectivity index (χ1) is 8.22. The maximum Gasteiger partial charge on any atom is 0.145 e. The number of fused-ring (bicyclic) bond motifs is 3. The molecule has 3 nitrogen and oxygen atoms in total. The van der Waals surface area contributed by atoms with Crippen LogP contribution in [0.2, 0.25) is 0 Å². The molecule has 4 rings (SSSR count). The summed E-state index contributed by atoms with van der Waals surface area (Å²) in [5, 5.41) is 0. The number of benzene rings is 1. The maximum atomic E-state index is 13.1. The fourth-order valence-corrected chi connectivity index (χ4v) is 2.82. The van der Waals surface area contributed by atoms with Gasteiger partial charge in [-0.25, -0.2) is 4.39 Å². The van der Waals surface area contributed by atoms with Gasteiger partial charge in [0.25, 0.3) is 0 Å². The van der Waals surface area contributed by atoms with Crippen LogP contribution in [-0.2, 0) is 0 Å². The third kappa shape index (κ3) is 2.09. The molecule has 3 aliphatic rings. The highest BCUT2D eigenvalue weighted by molar-refractivity contribution is 5.52. The van der Waals surface area contributed by atoms with E-state index in [1.54, 1.807) is 6.07 Å². The van der Waals surface area contributed by atoms with Crippen molar-refractivity contribution in [3.63, 3.8) is 0 Å². The molecule has 2 N–H and O–H groups in total. The lowest BCUT2D eigenvalue weighted by Crippen LogP contribution is -2.52. The van der Waals surface area contributed by atoms with E-state index in [0.717, 1.165) is 6.54 Å². The maximum absolute atomic E-state index is 13.1. The smallest absolute Gasteiger partial charge is 0.145 e. The molecule has 3 fully saturated rings. The number of hydrogen-bond donors (Lipinski definition) is 1. The van der Waals surface area contributed by atoms with Crippen molar-refractivity contribution in [1.29, 1.82) is 0 Å². The van der Waals surface area contributed by atoms with Gasteiger partial charge >= 0.3 is 0 Å². The van der Waals surface area contributed by atoms with E-state index in [-0.39, 0.29) is 11.9 Å². The lowest BCUT2D eigenvalue weighted by atomic mass is 9.86. The molecular weight excluding hydrogens is 219 g/mol. The van der Waals surface area contributed by atoms with Crippen molar-refractivity contribution >= 4 is 5.69 Å². The molecule has 1 unspecified atom stereocenters. The molecule has 0 radical (unpaired) electrons. The van der Waals surface area contributed by atoms with Crippen molar-refractivity contribution in [1.82, 2.24) is 4.90 Å². The number of ether oxygens (including phenoxy) is 1. The predicted octanol–water partition coefficient (Wildman–Crippen LogP) is 1.88. The molecule has 1 aromatic rings. The fraction of sp³-hybridized carbons (Fsp3) is 0.538. The van der Waals surface area contributed by atoms with Gasteiger partial charge in [0.1, 0.15) is 17.7 Å². The van der Waals surface area contributed by atoms with E-state index in [1.165, 1.54) is 38.1 Å². The van der Waals surface area contributed by atoms with Crippen molar-refractivity contribution in [3.05, 3.63) is 24.0 Å². The molecule has 0 aromatic heterocycles. The Bertz CT molecular complexity index is 416. The van der Waals surface area contributed by atoms with Crippen molar-refractivity contribution in [3.8, 4) is 5.75 Å². The van der Waals surface area contributed by atoms with Gasteiger partial charge in [0.15, 0.2) is 0 Å². The van der Waals surface area contributed by atoms with Crippen LogP contribution in [-0.4, -0.2) is 30.6 Å². The van der Waals surface area contributed by atoms with Gasteiger partial charge in [-0.1, -0.05) is 0 Å². The van der Waals surface area contributed by atoms with Crippen LogP contribution in [0, 0.1) is 11.7 Å².